The molecule has 0 aliphatic carbocycles. The maximum atomic E-state index is 12.9. The molecule has 0 aliphatic heterocycles. The number of nitrogens with one attached hydrogen (secondary N) is 1. The number of amides is 1. The summed E-state index contributed by atoms with van der Waals surface area (Å²) >= 11 is 5.61. The third-order valence-electron chi connectivity index (χ3n) is 2.61. The SMILES string of the molecule is C[C@@H](NC(=O)COc1ccc(F)c(Cl)c1)c1ccco1. The Labute approximate surface area is 120 Å². The van der Waals surface area contributed by atoms with Crippen molar-refractivity contribution in [1.82, 2.24) is 5.32 Å². The largest absolute Gasteiger partial charge is 0.484 e. The fourth-order valence-electron chi connectivity index (χ4n) is 1.61. The predicted octanol–water partition coefficient (Wildman–Crippen LogP) is 3.33. The first kappa shape index (κ1) is 14.4. The Hall–Kier alpha value is -2.01. The Balaban J connectivity index is 1.84. The van der Waals surface area contributed by atoms with Gasteiger partial charge in [-0.2, -0.15) is 0 Å². The summed E-state index contributed by atoms with van der Waals surface area (Å²) in [6.45, 7) is 1.61. The van der Waals surface area contributed by atoms with Gasteiger partial charge in [0.2, 0.25) is 0 Å². The van der Waals surface area contributed by atoms with Crippen molar-refractivity contribution in [2.24, 2.45) is 0 Å². The molecule has 1 atom stereocenters. The van der Waals surface area contributed by atoms with Crippen LogP contribution >= 0.6 is 11.6 Å². The standard InChI is InChI=1S/C14H13ClFNO3/c1-9(13-3-2-6-19-13)17-14(18)8-20-10-4-5-12(16)11(15)7-10/h2-7,9H,8H2,1H3,(H,17,18)/t9-/m1/s1. The first-order valence-electron chi connectivity index (χ1n) is 5.97. The fraction of sp³-hybridized carbons (Fsp3) is 0.214. The van der Waals surface area contributed by atoms with E-state index in [1.165, 1.54) is 24.5 Å². The summed E-state index contributed by atoms with van der Waals surface area (Å²) in [6, 6.07) is 7.17. The van der Waals surface area contributed by atoms with Crippen molar-refractivity contribution in [2.75, 3.05) is 6.61 Å². The monoisotopic (exact) mass is 297 g/mol. The molecule has 0 spiro atoms. The van der Waals surface area contributed by atoms with Crippen LogP contribution in [0.2, 0.25) is 5.02 Å². The number of hydrogen-bond acceptors (Lipinski definition) is 3. The number of benzene rings is 1. The zero-order chi connectivity index (χ0) is 14.5. The summed E-state index contributed by atoms with van der Waals surface area (Å²) in [5.74, 6) is 0.143. The number of furan rings is 1. The highest BCUT2D eigenvalue weighted by molar-refractivity contribution is 6.30. The number of rotatable bonds is 5. The van der Waals surface area contributed by atoms with Crippen LogP contribution in [0.15, 0.2) is 41.0 Å². The van der Waals surface area contributed by atoms with Gasteiger partial charge in [0.05, 0.1) is 17.3 Å². The molecule has 6 heteroatoms. The second-order valence-corrected chi connectivity index (χ2v) is 4.58. The molecule has 1 heterocycles. The third-order valence-corrected chi connectivity index (χ3v) is 2.90. The van der Waals surface area contributed by atoms with Gasteiger partial charge in [-0.05, 0) is 31.2 Å². The number of carbonyl (C=O) groups is 1. The fourth-order valence-corrected chi connectivity index (χ4v) is 1.78. The Bertz CT molecular complexity index is 586. The smallest absolute Gasteiger partial charge is 0.258 e. The molecule has 0 radical (unpaired) electrons. The molecule has 0 unspecified atom stereocenters. The van der Waals surface area contributed by atoms with Crippen molar-refractivity contribution in [3.05, 3.63) is 53.2 Å². The molecular weight excluding hydrogens is 285 g/mol. The minimum atomic E-state index is -0.532. The van der Waals surface area contributed by atoms with E-state index in [1.807, 2.05) is 0 Å². The highest BCUT2D eigenvalue weighted by Crippen LogP contribution is 2.21. The first-order chi connectivity index (χ1) is 9.56. The van der Waals surface area contributed by atoms with Crippen molar-refractivity contribution >= 4 is 17.5 Å². The second kappa shape index (κ2) is 6.43. The molecule has 0 bridgehead atoms. The van der Waals surface area contributed by atoms with Gasteiger partial charge in [-0.25, -0.2) is 4.39 Å². The number of halogens is 2. The molecule has 4 nitrogen and oxygen atoms in total. The summed E-state index contributed by atoms with van der Waals surface area (Å²) in [5.41, 5.74) is 0. The van der Waals surface area contributed by atoms with Crippen molar-refractivity contribution in [3.63, 3.8) is 0 Å². The van der Waals surface area contributed by atoms with Gasteiger partial charge in [-0.1, -0.05) is 11.6 Å². The maximum Gasteiger partial charge on any atom is 0.258 e. The van der Waals surface area contributed by atoms with E-state index in [1.54, 1.807) is 19.1 Å². The van der Waals surface area contributed by atoms with Gasteiger partial charge >= 0.3 is 0 Å². The number of ether oxygens (including phenoxy) is 1. The van der Waals surface area contributed by atoms with E-state index in [4.69, 9.17) is 20.8 Å². The molecular formula is C14H13ClFNO3. The lowest BCUT2D eigenvalue weighted by atomic mass is 10.2. The van der Waals surface area contributed by atoms with Crippen LogP contribution in [0.4, 0.5) is 4.39 Å². The van der Waals surface area contributed by atoms with Crippen LogP contribution < -0.4 is 10.1 Å². The van der Waals surface area contributed by atoms with Gasteiger partial charge in [0, 0.05) is 6.07 Å². The van der Waals surface area contributed by atoms with Gasteiger partial charge in [0.1, 0.15) is 17.3 Å². The van der Waals surface area contributed by atoms with Crippen LogP contribution in [-0.2, 0) is 4.79 Å². The minimum absolute atomic E-state index is 0.0492. The molecule has 1 aromatic heterocycles. The van der Waals surface area contributed by atoms with Crippen molar-refractivity contribution in [3.8, 4) is 5.75 Å². The van der Waals surface area contributed by atoms with Crippen LogP contribution in [0.1, 0.15) is 18.7 Å². The summed E-state index contributed by atoms with van der Waals surface area (Å²) in [5, 5.41) is 2.66. The van der Waals surface area contributed by atoms with E-state index in [0.29, 0.717) is 11.5 Å². The summed E-state index contributed by atoms with van der Waals surface area (Å²) in [6.07, 6.45) is 1.54. The van der Waals surface area contributed by atoms with Gasteiger partial charge in [0.15, 0.2) is 6.61 Å². The molecule has 0 fully saturated rings. The molecule has 1 N–H and O–H groups in total. The normalized spacial score (nSPS) is 11.9. The maximum absolute atomic E-state index is 12.9. The van der Waals surface area contributed by atoms with Crippen LogP contribution in [0.3, 0.4) is 0 Å². The highest BCUT2D eigenvalue weighted by Gasteiger charge is 2.12. The topological polar surface area (TPSA) is 51.5 Å². The summed E-state index contributed by atoms with van der Waals surface area (Å²) in [4.78, 5) is 11.7. The third kappa shape index (κ3) is 3.74. The zero-order valence-corrected chi connectivity index (χ0v) is 11.5. The van der Waals surface area contributed by atoms with Gasteiger partial charge in [0.25, 0.3) is 5.91 Å². The zero-order valence-electron chi connectivity index (χ0n) is 10.7. The molecule has 106 valence electrons. The lowest BCUT2D eigenvalue weighted by Crippen LogP contribution is -2.31. The molecule has 2 rings (SSSR count). The van der Waals surface area contributed by atoms with Gasteiger partial charge in [-0.3, -0.25) is 4.79 Å². The molecule has 20 heavy (non-hydrogen) atoms. The molecule has 0 saturated carbocycles. The van der Waals surface area contributed by atoms with E-state index >= 15 is 0 Å². The van der Waals surface area contributed by atoms with Crippen LogP contribution in [0, 0.1) is 5.82 Å². The van der Waals surface area contributed by atoms with E-state index in [2.05, 4.69) is 5.32 Å². The number of carbonyl (C=O) groups excluding carboxylic acids is 1. The average Bonchev–Trinajstić information content (AvgIpc) is 2.94. The molecule has 1 aromatic carbocycles. The van der Waals surface area contributed by atoms with Crippen molar-refractivity contribution < 1.29 is 18.3 Å². The second-order valence-electron chi connectivity index (χ2n) is 4.17. The van der Waals surface area contributed by atoms with Crippen molar-refractivity contribution in [1.29, 1.82) is 0 Å². The van der Waals surface area contributed by atoms with Crippen LogP contribution in [0.5, 0.6) is 5.75 Å². The Morgan fingerprint density at radius 2 is 2.30 bits per heavy atom. The summed E-state index contributed by atoms with van der Waals surface area (Å²) in [7, 11) is 0. The van der Waals surface area contributed by atoms with Crippen LogP contribution in [-0.4, -0.2) is 12.5 Å². The predicted molar refractivity (Wildman–Crippen MR) is 72.2 cm³/mol. The first-order valence-corrected chi connectivity index (χ1v) is 6.34. The lowest BCUT2D eigenvalue weighted by Gasteiger charge is -2.12. The molecule has 1 amide bonds. The van der Waals surface area contributed by atoms with E-state index in [-0.39, 0.29) is 23.6 Å². The van der Waals surface area contributed by atoms with Gasteiger partial charge in [-0.15, -0.1) is 0 Å². The Morgan fingerprint density at radius 1 is 1.50 bits per heavy atom. The molecule has 0 saturated heterocycles. The quantitative estimate of drug-likeness (QED) is 0.921. The minimum Gasteiger partial charge on any atom is -0.484 e. The number of hydrogen-bond donors (Lipinski definition) is 1. The Morgan fingerprint density at radius 3 is 2.95 bits per heavy atom. The van der Waals surface area contributed by atoms with E-state index in [0.717, 1.165) is 0 Å². The molecule has 2 aromatic rings. The highest BCUT2D eigenvalue weighted by atomic mass is 35.5. The van der Waals surface area contributed by atoms with Crippen molar-refractivity contribution in [2.45, 2.75) is 13.0 Å². The Kier molecular flexibility index (Phi) is 4.63. The van der Waals surface area contributed by atoms with Gasteiger partial charge < -0.3 is 14.5 Å². The summed E-state index contributed by atoms with van der Waals surface area (Å²) < 4.78 is 23.4. The van der Waals surface area contributed by atoms with E-state index in [9.17, 15) is 9.18 Å². The van der Waals surface area contributed by atoms with Crippen LogP contribution in [0.25, 0.3) is 0 Å². The molecule has 0 aliphatic rings. The van der Waals surface area contributed by atoms with E-state index < -0.39 is 5.82 Å². The lowest BCUT2D eigenvalue weighted by molar-refractivity contribution is -0.123. The average molecular weight is 298 g/mol.